The second-order valence-electron chi connectivity index (χ2n) is 2.32. The molecule has 0 spiro atoms. The first-order valence-corrected chi connectivity index (χ1v) is 3.37. The average molecular weight is 207 g/mol. The molecular formula is C8H4N6Na. The van der Waals surface area contributed by atoms with Gasteiger partial charge in [-0.2, -0.15) is 26.3 Å². The van der Waals surface area contributed by atoms with Crippen molar-refractivity contribution < 1.29 is 0 Å². The SMILES string of the molecule is CN(C(C#N)C#N)C(C#N)(C#N)C#N.[Na]. The van der Waals surface area contributed by atoms with Crippen LogP contribution in [0.25, 0.3) is 0 Å². The van der Waals surface area contributed by atoms with Crippen LogP contribution >= 0.6 is 0 Å². The summed E-state index contributed by atoms with van der Waals surface area (Å²) in [6, 6.07) is 6.24. The molecule has 0 unspecified atom stereocenters. The molecule has 0 amide bonds. The Kier molecular flexibility index (Phi) is 7.20. The van der Waals surface area contributed by atoms with Crippen LogP contribution in [0.5, 0.6) is 0 Å². The van der Waals surface area contributed by atoms with Gasteiger partial charge < -0.3 is 0 Å². The topological polar surface area (TPSA) is 122 Å². The number of nitrogens with zero attached hydrogens (tertiary/aromatic N) is 6. The molecule has 0 aliphatic rings. The van der Waals surface area contributed by atoms with E-state index in [1.807, 2.05) is 0 Å². The predicted octanol–water partition coefficient (Wildman–Crippen LogP) is -0.737. The van der Waals surface area contributed by atoms with Gasteiger partial charge in [-0.15, -0.1) is 0 Å². The molecule has 0 rings (SSSR count). The van der Waals surface area contributed by atoms with E-state index < -0.39 is 11.6 Å². The summed E-state index contributed by atoms with van der Waals surface area (Å²) in [7, 11) is 1.20. The Hall–Kier alpha value is -1.59. The Bertz CT molecular complexity index is 372. The fraction of sp³-hybridized carbons (Fsp3) is 0.375. The Labute approximate surface area is 109 Å². The van der Waals surface area contributed by atoms with Crippen molar-refractivity contribution in [1.29, 1.82) is 26.3 Å². The van der Waals surface area contributed by atoms with Crippen LogP contribution in [0.4, 0.5) is 0 Å². The molecule has 0 aromatic rings. The monoisotopic (exact) mass is 207 g/mol. The third-order valence-electron chi connectivity index (χ3n) is 1.65. The van der Waals surface area contributed by atoms with Gasteiger partial charge in [0.25, 0.3) is 5.54 Å². The minimum atomic E-state index is -2.09. The molecule has 0 aromatic heterocycles. The Balaban J connectivity index is 0. The van der Waals surface area contributed by atoms with Crippen molar-refractivity contribution >= 4 is 29.6 Å². The van der Waals surface area contributed by atoms with E-state index in [0.717, 1.165) is 4.90 Å². The molecule has 0 aliphatic carbocycles. The van der Waals surface area contributed by atoms with Gasteiger partial charge >= 0.3 is 0 Å². The molecule has 15 heavy (non-hydrogen) atoms. The van der Waals surface area contributed by atoms with Gasteiger partial charge in [0.1, 0.15) is 18.2 Å². The van der Waals surface area contributed by atoms with Gasteiger partial charge in [-0.05, 0) is 7.05 Å². The summed E-state index contributed by atoms with van der Waals surface area (Å²) in [5.41, 5.74) is -2.09. The second kappa shape index (κ2) is 6.80. The van der Waals surface area contributed by atoms with E-state index in [1.165, 1.54) is 25.3 Å². The van der Waals surface area contributed by atoms with Crippen LogP contribution in [0, 0.1) is 56.7 Å². The molecule has 0 heterocycles. The molecule has 0 aromatic carbocycles. The van der Waals surface area contributed by atoms with Crippen LogP contribution in [-0.2, 0) is 0 Å². The predicted molar refractivity (Wildman–Crippen MR) is 48.1 cm³/mol. The van der Waals surface area contributed by atoms with Crippen LogP contribution in [-0.4, -0.2) is 53.1 Å². The zero-order valence-corrected chi connectivity index (χ0v) is 10.3. The fourth-order valence-electron chi connectivity index (χ4n) is 0.707. The Morgan fingerprint density at radius 2 is 1.27 bits per heavy atom. The van der Waals surface area contributed by atoms with E-state index in [4.69, 9.17) is 26.3 Å². The third-order valence-corrected chi connectivity index (χ3v) is 1.65. The average Bonchev–Trinajstić information content (AvgIpc) is 2.23. The first-order valence-electron chi connectivity index (χ1n) is 3.37. The maximum absolute atomic E-state index is 8.63. The van der Waals surface area contributed by atoms with E-state index >= 15 is 0 Å². The third kappa shape index (κ3) is 2.93. The van der Waals surface area contributed by atoms with Crippen molar-refractivity contribution in [2.75, 3.05) is 7.05 Å². The molecule has 0 atom stereocenters. The van der Waals surface area contributed by atoms with Gasteiger partial charge in [-0.25, -0.2) is 4.90 Å². The summed E-state index contributed by atoms with van der Waals surface area (Å²) in [4.78, 5) is 0.826. The quantitative estimate of drug-likeness (QED) is 0.549. The van der Waals surface area contributed by atoms with E-state index in [9.17, 15) is 0 Å². The smallest absolute Gasteiger partial charge is 0.237 e. The Morgan fingerprint density at radius 1 is 0.933 bits per heavy atom. The summed E-state index contributed by atoms with van der Waals surface area (Å²) in [5.74, 6) is 0. The molecule has 0 aliphatic heterocycles. The van der Waals surface area contributed by atoms with Crippen molar-refractivity contribution in [3.8, 4) is 30.3 Å². The molecule has 0 saturated heterocycles. The maximum atomic E-state index is 8.63. The van der Waals surface area contributed by atoms with Crippen LogP contribution in [0.15, 0.2) is 0 Å². The van der Waals surface area contributed by atoms with E-state index in [2.05, 4.69) is 0 Å². The normalized spacial score (nSPS) is 8.67. The largest absolute Gasteiger partial charge is 0.284 e. The first-order chi connectivity index (χ1) is 6.61. The van der Waals surface area contributed by atoms with Gasteiger partial charge in [-0.3, -0.25) is 0 Å². The zero-order valence-electron chi connectivity index (χ0n) is 8.26. The fourth-order valence-corrected chi connectivity index (χ4v) is 0.707. The molecule has 1 radical (unpaired) electrons. The molecule has 67 valence electrons. The molecule has 0 N–H and O–H groups in total. The van der Waals surface area contributed by atoms with E-state index in [0.29, 0.717) is 0 Å². The number of nitriles is 5. The van der Waals surface area contributed by atoms with Crippen LogP contribution in [0.1, 0.15) is 0 Å². The summed E-state index contributed by atoms with van der Waals surface area (Å²) >= 11 is 0. The van der Waals surface area contributed by atoms with Crippen molar-refractivity contribution in [1.82, 2.24) is 4.90 Å². The maximum Gasteiger partial charge on any atom is 0.284 e. The van der Waals surface area contributed by atoms with Crippen molar-refractivity contribution in [2.24, 2.45) is 0 Å². The van der Waals surface area contributed by atoms with Crippen LogP contribution in [0.3, 0.4) is 0 Å². The van der Waals surface area contributed by atoms with Crippen molar-refractivity contribution in [3.63, 3.8) is 0 Å². The number of rotatable bonds is 2. The molecular weight excluding hydrogens is 203 g/mol. The molecule has 7 heteroatoms. The van der Waals surface area contributed by atoms with Gasteiger partial charge in [0, 0.05) is 29.6 Å². The molecule has 0 fully saturated rings. The number of hydrogen-bond donors (Lipinski definition) is 0. The summed E-state index contributed by atoms with van der Waals surface area (Å²) in [5, 5.41) is 42.9. The molecule has 0 saturated carbocycles. The van der Waals surface area contributed by atoms with Gasteiger partial charge in [-0.1, -0.05) is 0 Å². The minimum Gasteiger partial charge on any atom is -0.237 e. The summed E-state index contributed by atoms with van der Waals surface area (Å²) < 4.78 is 0. The van der Waals surface area contributed by atoms with Gasteiger partial charge in [0.2, 0.25) is 0 Å². The molecule has 6 nitrogen and oxygen atoms in total. The van der Waals surface area contributed by atoms with Crippen molar-refractivity contribution in [3.05, 3.63) is 0 Å². The van der Waals surface area contributed by atoms with Gasteiger partial charge in [0.05, 0.1) is 12.1 Å². The first kappa shape index (κ1) is 15.9. The van der Waals surface area contributed by atoms with E-state index in [1.54, 1.807) is 12.1 Å². The Morgan fingerprint density at radius 3 is 1.47 bits per heavy atom. The summed E-state index contributed by atoms with van der Waals surface area (Å²) in [6.07, 6.45) is 0. The van der Waals surface area contributed by atoms with Crippen LogP contribution in [0.2, 0.25) is 0 Å². The molecule has 0 bridgehead atoms. The summed E-state index contributed by atoms with van der Waals surface area (Å²) in [6.45, 7) is 0. The zero-order chi connectivity index (χ0) is 11.2. The van der Waals surface area contributed by atoms with Crippen LogP contribution < -0.4 is 0 Å². The van der Waals surface area contributed by atoms with Gasteiger partial charge in [0.15, 0.2) is 6.04 Å². The van der Waals surface area contributed by atoms with E-state index in [-0.39, 0.29) is 29.6 Å². The van der Waals surface area contributed by atoms with Crippen molar-refractivity contribution in [2.45, 2.75) is 11.6 Å². The minimum absolute atomic E-state index is 0. The number of hydrogen-bond acceptors (Lipinski definition) is 6. The standard InChI is InChI=1S/C8H4N6.Na/c1-14(7(2-9)3-10)8(4-11,5-12)6-13;/h7H,1H3;. The second-order valence-corrected chi connectivity index (χ2v) is 2.32.